The first-order chi connectivity index (χ1) is 7.23. The van der Waals surface area contributed by atoms with Crippen molar-refractivity contribution in [3.05, 3.63) is 35.4 Å². The summed E-state index contributed by atoms with van der Waals surface area (Å²) >= 11 is 0. The van der Waals surface area contributed by atoms with Gasteiger partial charge in [0.25, 0.3) is 0 Å². The third-order valence-electron chi connectivity index (χ3n) is 2.56. The standard InChI is InChI=1S/C12H17F2NO/c1-12(2,3)11(16)10(15)7-4-5-8(13)9(14)6-7/h4-6,10-11,16H,15H2,1-3H3/t10-,11-/m0/s1. The monoisotopic (exact) mass is 229 g/mol. The van der Waals surface area contributed by atoms with Gasteiger partial charge in [-0.3, -0.25) is 0 Å². The Morgan fingerprint density at radius 2 is 1.75 bits per heavy atom. The lowest BCUT2D eigenvalue weighted by molar-refractivity contribution is 0.0400. The van der Waals surface area contributed by atoms with Gasteiger partial charge in [0.1, 0.15) is 0 Å². The van der Waals surface area contributed by atoms with Crippen molar-refractivity contribution in [2.75, 3.05) is 0 Å². The van der Waals surface area contributed by atoms with Crippen molar-refractivity contribution >= 4 is 0 Å². The van der Waals surface area contributed by atoms with Crippen LogP contribution in [0.25, 0.3) is 0 Å². The summed E-state index contributed by atoms with van der Waals surface area (Å²) in [5.41, 5.74) is 5.78. The molecule has 1 aromatic carbocycles. The highest BCUT2D eigenvalue weighted by Crippen LogP contribution is 2.28. The molecule has 0 aliphatic heterocycles. The van der Waals surface area contributed by atoms with E-state index in [-0.39, 0.29) is 0 Å². The summed E-state index contributed by atoms with van der Waals surface area (Å²) in [6, 6.07) is 2.70. The molecule has 0 fully saturated rings. The summed E-state index contributed by atoms with van der Waals surface area (Å²) in [6.45, 7) is 5.49. The van der Waals surface area contributed by atoms with Crippen molar-refractivity contribution in [2.45, 2.75) is 32.9 Å². The number of halogens is 2. The Morgan fingerprint density at radius 1 is 1.19 bits per heavy atom. The maximum atomic E-state index is 13.0. The van der Waals surface area contributed by atoms with E-state index >= 15 is 0 Å². The molecule has 90 valence electrons. The van der Waals surface area contributed by atoms with Crippen LogP contribution in [0.5, 0.6) is 0 Å². The molecule has 4 heteroatoms. The summed E-state index contributed by atoms with van der Waals surface area (Å²) in [4.78, 5) is 0. The molecule has 0 unspecified atom stereocenters. The highest BCUT2D eigenvalue weighted by Gasteiger charge is 2.29. The second-order valence-electron chi connectivity index (χ2n) is 5.01. The number of rotatable bonds is 2. The largest absolute Gasteiger partial charge is 0.391 e. The molecule has 2 atom stereocenters. The number of hydrogen-bond acceptors (Lipinski definition) is 2. The first kappa shape index (κ1) is 13.1. The molecular weight excluding hydrogens is 212 g/mol. The smallest absolute Gasteiger partial charge is 0.159 e. The van der Waals surface area contributed by atoms with Gasteiger partial charge in [-0.2, -0.15) is 0 Å². The first-order valence-electron chi connectivity index (χ1n) is 5.12. The molecule has 0 heterocycles. The van der Waals surface area contributed by atoms with Crippen LogP contribution >= 0.6 is 0 Å². The molecule has 3 N–H and O–H groups in total. The van der Waals surface area contributed by atoms with Gasteiger partial charge in [0, 0.05) is 0 Å². The van der Waals surface area contributed by atoms with Crippen LogP contribution in [-0.4, -0.2) is 11.2 Å². The number of aliphatic hydroxyl groups is 1. The van der Waals surface area contributed by atoms with Gasteiger partial charge in [-0.15, -0.1) is 0 Å². The van der Waals surface area contributed by atoms with Crippen LogP contribution in [0.4, 0.5) is 8.78 Å². The molecule has 0 saturated heterocycles. The fourth-order valence-electron chi connectivity index (χ4n) is 1.44. The average Bonchev–Trinajstić information content (AvgIpc) is 2.18. The second kappa shape index (κ2) is 4.47. The molecular formula is C12H17F2NO. The summed E-state index contributed by atoms with van der Waals surface area (Å²) in [7, 11) is 0. The lowest BCUT2D eigenvalue weighted by atomic mass is 9.82. The predicted molar refractivity (Wildman–Crippen MR) is 58.7 cm³/mol. The summed E-state index contributed by atoms with van der Waals surface area (Å²) in [6.07, 6.45) is -0.822. The number of hydrogen-bond donors (Lipinski definition) is 2. The van der Waals surface area contributed by atoms with Crippen molar-refractivity contribution in [2.24, 2.45) is 11.1 Å². The Bertz CT molecular complexity index is 374. The van der Waals surface area contributed by atoms with E-state index in [0.717, 1.165) is 12.1 Å². The SMILES string of the molecule is CC(C)(C)[C@@H](O)[C@@H](N)c1ccc(F)c(F)c1. The van der Waals surface area contributed by atoms with Crippen LogP contribution < -0.4 is 5.73 Å². The maximum Gasteiger partial charge on any atom is 0.159 e. The zero-order valence-electron chi connectivity index (χ0n) is 9.67. The van der Waals surface area contributed by atoms with Crippen LogP contribution in [0.2, 0.25) is 0 Å². The van der Waals surface area contributed by atoms with E-state index < -0.39 is 29.2 Å². The van der Waals surface area contributed by atoms with E-state index in [2.05, 4.69) is 0 Å². The third-order valence-corrected chi connectivity index (χ3v) is 2.56. The van der Waals surface area contributed by atoms with Gasteiger partial charge in [0.15, 0.2) is 11.6 Å². The zero-order valence-corrected chi connectivity index (χ0v) is 9.67. The van der Waals surface area contributed by atoms with Gasteiger partial charge in [0.05, 0.1) is 12.1 Å². The molecule has 0 aliphatic carbocycles. The van der Waals surface area contributed by atoms with Crippen LogP contribution in [-0.2, 0) is 0 Å². The van der Waals surface area contributed by atoms with E-state index in [9.17, 15) is 13.9 Å². The normalized spacial score (nSPS) is 15.9. The minimum absolute atomic E-state index is 0.390. The van der Waals surface area contributed by atoms with E-state index in [4.69, 9.17) is 5.73 Å². The number of benzene rings is 1. The van der Waals surface area contributed by atoms with E-state index in [0.29, 0.717) is 5.56 Å². The van der Waals surface area contributed by atoms with Crippen molar-refractivity contribution < 1.29 is 13.9 Å². The molecule has 16 heavy (non-hydrogen) atoms. The van der Waals surface area contributed by atoms with Crippen LogP contribution in [0.1, 0.15) is 32.4 Å². The van der Waals surface area contributed by atoms with Gasteiger partial charge >= 0.3 is 0 Å². The fourth-order valence-corrected chi connectivity index (χ4v) is 1.44. The van der Waals surface area contributed by atoms with E-state index in [1.807, 2.05) is 20.8 Å². The predicted octanol–water partition coefficient (Wildman–Crippen LogP) is 2.37. The molecule has 0 bridgehead atoms. The van der Waals surface area contributed by atoms with Gasteiger partial charge in [-0.25, -0.2) is 8.78 Å². The molecule has 0 spiro atoms. The fraction of sp³-hybridized carbons (Fsp3) is 0.500. The Balaban J connectivity index is 2.97. The van der Waals surface area contributed by atoms with Gasteiger partial charge < -0.3 is 10.8 Å². The molecule has 0 radical (unpaired) electrons. The highest BCUT2D eigenvalue weighted by atomic mass is 19.2. The quantitative estimate of drug-likeness (QED) is 0.817. The van der Waals surface area contributed by atoms with E-state index in [1.54, 1.807) is 0 Å². The molecule has 1 rings (SSSR count). The number of nitrogens with two attached hydrogens (primary N) is 1. The van der Waals surface area contributed by atoms with Crippen LogP contribution in [0, 0.1) is 17.0 Å². The zero-order chi connectivity index (χ0) is 12.5. The summed E-state index contributed by atoms with van der Waals surface area (Å²) in [5.74, 6) is -1.87. The van der Waals surface area contributed by atoms with Gasteiger partial charge in [-0.1, -0.05) is 26.8 Å². The van der Waals surface area contributed by atoms with Crippen molar-refractivity contribution in [3.8, 4) is 0 Å². The van der Waals surface area contributed by atoms with Crippen molar-refractivity contribution in [3.63, 3.8) is 0 Å². The minimum atomic E-state index is -0.950. The van der Waals surface area contributed by atoms with Gasteiger partial charge in [-0.05, 0) is 23.1 Å². The molecule has 0 saturated carbocycles. The molecule has 0 amide bonds. The molecule has 0 aromatic heterocycles. The van der Waals surface area contributed by atoms with Gasteiger partial charge in [0.2, 0.25) is 0 Å². The first-order valence-corrected chi connectivity index (χ1v) is 5.12. The number of aliphatic hydroxyl groups excluding tert-OH is 1. The van der Waals surface area contributed by atoms with E-state index in [1.165, 1.54) is 6.07 Å². The molecule has 0 aliphatic rings. The second-order valence-corrected chi connectivity index (χ2v) is 5.01. The maximum absolute atomic E-state index is 13.0. The van der Waals surface area contributed by atoms with Crippen molar-refractivity contribution in [1.29, 1.82) is 0 Å². The Morgan fingerprint density at radius 3 is 2.19 bits per heavy atom. The Labute approximate surface area is 94.1 Å². The van der Waals surface area contributed by atoms with Crippen LogP contribution in [0.15, 0.2) is 18.2 Å². The lowest BCUT2D eigenvalue weighted by Gasteiger charge is -2.31. The molecule has 1 aromatic rings. The summed E-state index contributed by atoms with van der Waals surface area (Å²) in [5, 5.41) is 9.93. The minimum Gasteiger partial charge on any atom is -0.391 e. The summed E-state index contributed by atoms with van der Waals surface area (Å²) < 4.78 is 25.7. The Kier molecular flexibility index (Phi) is 3.65. The van der Waals surface area contributed by atoms with Crippen molar-refractivity contribution in [1.82, 2.24) is 0 Å². The average molecular weight is 229 g/mol. The highest BCUT2D eigenvalue weighted by molar-refractivity contribution is 5.22. The lowest BCUT2D eigenvalue weighted by Crippen LogP contribution is -2.37. The topological polar surface area (TPSA) is 46.2 Å². The molecule has 2 nitrogen and oxygen atoms in total. The Hall–Kier alpha value is -1.00. The van der Waals surface area contributed by atoms with Crippen LogP contribution in [0.3, 0.4) is 0 Å². The third kappa shape index (κ3) is 2.77.